The molecule has 0 aliphatic heterocycles. The molecular formula is C25H32N2O5. The number of methoxy groups -OCH3 is 1. The number of nitrogens with one attached hydrogen (secondary N) is 2. The monoisotopic (exact) mass is 440 g/mol. The van der Waals surface area contributed by atoms with Crippen molar-refractivity contribution >= 4 is 29.2 Å². The Balaban J connectivity index is 1.65. The van der Waals surface area contributed by atoms with Gasteiger partial charge in [0.1, 0.15) is 0 Å². The first-order valence-corrected chi connectivity index (χ1v) is 11.0. The highest BCUT2D eigenvalue weighted by atomic mass is 16.5. The molecule has 0 saturated heterocycles. The summed E-state index contributed by atoms with van der Waals surface area (Å²) in [6.45, 7) is 0.109. The zero-order chi connectivity index (χ0) is 23.2. The largest absolute Gasteiger partial charge is 0.469 e. The van der Waals surface area contributed by atoms with Crippen LogP contribution in [0.15, 0.2) is 48.5 Å². The Morgan fingerprint density at radius 2 is 1.19 bits per heavy atom. The third-order valence-electron chi connectivity index (χ3n) is 5.01. The van der Waals surface area contributed by atoms with Gasteiger partial charge in [-0.25, -0.2) is 0 Å². The van der Waals surface area contributed by atoms with Gasteiger partial charge in [-0.05, 0) is 67.5 Å². The number of unbranched alkanes of at least 4 members (excludes halogenated alkanes) is 1. The summed E-state index contributed by atoms with van der Waals surface area (Å²) < 4.78 is 4.57. The Kier molecular flexibility index (Phi) is 11.0. The summed E-state index contributed by atoms with van der Waals surface area (Å²) in [5, 5.41) is 14.7. The van der Waals surface area contributed by atoms with E-state index in [-0.39, 0.29) is 24.4 Å². The first kappa shape index (κ1) is 25.1. The topological polar surface area (TPSA) is 105 Å². The van der Waals surface area contributed by atoms with Crippen LogP contribution in [0.3, 0.4) is 0 Å². The quantitative estimate of drug-likeness (QED) is 0.324. The van der Waals surface area contributed by atoms with Crippen LogP contribution in [0.1, 0.15) is 49.7 Å². The normalized spacial score (nSPS) is 10.4. The van der Waals surface area contributed by atoms with Crippen molar-refractivity contribution in [2.24, 2.45) is 0 Å². The molecule has 172 valence electrons. The highest BCUT2D eigenvalue weighted by molar-refractivity contribution is 5.91. The van der Waals surface area contributed by atoms with Crippen LogP contribution in [0.2, 0.25) is 0 Å². The maximum atomic E-state index is 12.1. The molecule has 0 aliphatic rings. The molecule has 0 bridgehead atoms. The first-order chi connectivity index (χ1) is 15.5. The van der Waals surface area contributed by atoms with Crippen molar-refractivity contribution in [3.63, 3.8) is 0 Å². The maximum absolute atomic E-state index is 12.1. The fourth-order valence-corrected chi connectivity index (χ4v) is 3.20. The number of hydrogen-bond donors (Lipinski definition) is 3. The van der Waals surface area contributed by atoms with E-state index in [0.29, 0.717) is 38.5 Å². The van der Waals surface area contributed by atoms with Gasteiger partial charge in [-0.1, -0.05) is 24.3 Å². The van der Waals surface area contributed by atoms with E-state index in [1.54, 1.807) is 0 Å². The highest BCUT2D eigenvalue weighted by Gasteiger charge is 2.06. The summed E-state index contributed by atoms with van der Waals surface area (Å²) in [7, 11) is 1.36. The van der Waals surface area contributed by atoms with E-state index >= 15 is 0 Å². The number of esters is 1. The summed E-state index contributed by atoms with van der Waals surface area (Å²) in [4.78, 5) is 35.2. The molecule has 2 aromatic carbocycles. The van der Waals surface area contributed by atoms with E-state index in [9.17, 15) is 14.4 Å². The van der Waals surface area contributed by atoms with Crippen LogP contribution in [-0.2, 0) is 32.0 Å². The van der Waals surface area contributed by atoms with Gasteiger partial charge < -0.3 is 20.5 Å². The number of amides is 2. The second kappa shape index (κ2) is 14.0. The Hall–Kier alpha value is -3.19. The van der Waals surface area contributed by atoms with Gasteiger partial charge in [-0.2, -0.15) is 0 Å². The van der Waals surface area contributed by atoms with Crippen LogP contribution in [0.25, 0.3) is 0 Å². The molecule has 2 aromatic rings. The minimum atomic E-state index is -0.258. The summed E-state index contributed by atoms with van der Waals surface area (Å²) >= 11 is 0. The van der Waals surface area contributed by atoms with Crippen LogP contribution in [0.4, 0.5) is 11.4 Å². The van der Waals surface area contributed by atoms with Gasteiger partial charge in [0.15, 0.2) is 0 Å². The number of benzene rings is 2. The van der Waals surface area contributed by atoms with Gasteiger partial charge in [0, 0.05) is 37.2 Å². The van der Waals surface area contributed by atoms with Crippen LogP contribution in [-0.4, -0.2) is 36.6 Å². The molecule has 7 nitrogen and oxygen atoms in total. The molecule has 0 aromatic heterocycles. The number of ether oxygens (including phenoxy) is 1. The lowest BCUT2D eigenvalue weighted by Crippen LogP contribution is -2.12. The molecule has 3 N–H and O–H groups in total. The van der Waals surface area contributed by atoms with Crippen LogP contribution < -0.4 is 10.6 Å². The molecule has 7 heteroatoms. The van der Waals surface area contributed by atoms with Crippen molar-refractivity contribution in [3.8, 4) is 0 Å². The number of carbonyl (C=O) groups is 3. The van der Waals surface area contributed by atoms with E-state index in [4.69, 9.17) is 5.11 Å². The molecule has 0 spiro atoms. The van der Waals surface area contributed by atoms with Crippen molar-refractivity contribution in [1.82, 2.24) is 0 Å². The Morgan fingerprint density at radius 3 is 1.69 bits per heavy atom. The fraction of sp³-hybridized carbons (Fsp3) is 0.400. The summed E-state index contributed by atoms with van der Waals surface area (Å²) in [5.74, 6) is -0.369. The van der Waals surface area contributed by atoms with Crippen LogP contribution in [0.5, 0.6) is 0 Å². The SMILES string of the molecule is COC(=O)CCCCC(=O)Nc1ccc(CCCC(=O)Nc2ccc(CCO)cc2)cc1. The number of aliphatic hydroxyl groups excluding tert-OH is 1. The Labute approximate surface area is 189 Å². The zero-order valence-electron chi connectivity index (χ0n) is 18.6. The number of aliphatic hydroxyl groups is 1. The van der Waals surface area contributed by atoms with Crippen molar-refractivity contribution < 1.29 is 24.2 Å². The predicted octanol–water partition coefficient (Wildman–Crippen LogP) is 3.85. The van der Waals surface area contributed by atoms with E-state index in [2.05, 4.69) is 15.4 Å². The standard InChI is InChI=1S/C25H32N2O5/c1-32-25(31)8-3-2-6-23(29)26-21-13-9-19(10-14-21)5-4-7-24(30)27-22-15-11-20(12-16-22)17-18-28/h9-16,28H,2-8,17-18H2,1H3,(H,26,29)(H,27,30). The highest BCUT2D eigenvalue weighted by Crippen LogP contribution is 2.14. The van der Waals surface area contributed by atoms with Crippen molar-refractivity contribution in [2.45, 2.75) is 51.4 Å². The molecule has 0 unspecified atom stereocenters. The molecule has 0 saturated carbocycles. The summed E-state index contributed by atoms with van der Waals surface area (Å²) in [6, 6.07) is 15.1. The number of anilines is 2. The fourth-order valence-electron chi connectivity index (χ4n) is 3.20. The lowest BCUT2D eigenvalue weighted by Gasteiger charge is -2.08. The molecule has 0 fully saturated rings. The molecular weight excluding hydrogens is 408 g/mol. The molecule has 0 aliphatic carbocycles. The number of carbonyl (C=O) groups excluding carboxylic acids is 3. The number of hydrogen-bond acceptors (Lipinski definition) is 5. The minimum Gasteiger partial charge on any atom is -0.469 e. The average molecular weight is 441 g/mol. The van der Waals surface area contributed by atoms with E-state index in [0.717, 1.165) is 35.3 Å². The van der Waals surface area contributed by atoms with Gasteiger partial charge in [0.25, 0.3) is 0 Å². The second-order valence-corrected chi connectivity index (χ2v) is 7.60. The van der Waals surface area contributed by atoms with Gasteiger partial charge in [0.05, 0.1) is 7.11 Å². The van der Waals surface area contributed by atoms with Crippen molar-refractivity contribution in [3.05, 3.63) is 59.7 Å². The zero-order valence-corrected chi connectivity index (χ0v) is 18.6. The maximum Gasteiger partial charge on any atom is 0.305 e. The lowest BCUT2D eigenvalue weighted by molar-refractivity contribution is -0.140. The summed E-state index contributed by atoms with van der Waals surface area (Å²) in [6.07, 6.45) is 4.46. The average Bonchev–Trinajstić information content (AvgIpc) is 2.79. The molecule has 32 heavy (non-hydrogen) atoms. The molecule has 2 rings (SSSR count). The molecule has 2 amide bonds. The third-order valence-corrected chi connectivity index (χ3v) is 5.01. The first-order valence-electron chi connectivity index (χ1n) is 11.0. The number of aryl methyl sites for hydroxylation is 1. The Morgan fingerprint density at radius 1 is 0.719 bits per heavy atom. The minimum absolute atomic E-state index is 0.0315. The van der Waals surface area contributed by atoms with Gasteiger partial charge in [0.2, 0.25) is 11.8 Å². The number of rotatable bonds is 13. The predicted molar refractivity (Wildman–Crippen MR) is 124 cm³/mol. The van der Waals surface area contributed by atoms with E-state index < -0.39 is 0 Å². The van der Waals surface area contributed by atoms with Crippen molar-refractivity contribution in [2.75, 3.05) is 24.4 Å². The van der Waals surface area contributed by atoms with Gasteiger partial charge in [-0.15, -0.1) is 0 Å². The molecule has 0 atom stereocenters. The second-order valence-electron chi connectivity index (χ2n) is 7.60. The Bertz CT molecular complexity index is 863. The van der Waals surface area contributed by atoms with Gasteiger partial charge in [-0.3, -0.25) is 14.4 Å². The van der Waals surface area contributed by atoms with E-state index in [1.165, 1.54) is 7.11 Å². The van der Waals surface area contributed by atoms with Crippen molar-refractivity contribution in [1.29, 1.82) is 0 Å². The van der Waals surface area contributed by atoms with E-state index in [1.807, 2.05) is 48.5 Å². The van der Waals surface area contributed by atoms with Gasteiger partial charge >= 0.3 is 5.97 Å². The third kappa shape index (κ3) is 9.75. The molecule has 0 radical (unpaired) electrons. The van der Waals surface area contributed by atoms with Crippen LogP contribution >= 0.6 is 0 Å². The molecule has 0 heterocycles. The van der Waals surface area contributed by atoms with Crippen LogP contribution in [0, 0.1) is 0 Å². The lowest BCUT2D eigenvalue weighted by atomic mass is 10.1. The summed E-state index contributed by atoms with van der Waals surface area (Å²) in [5.41, 5.74) is 3.61. The smallest absolute Gasteiger partial charge is 0.305 e.